The van der Waals surface area contributed by atoms with Crippen molar-refractivity contribution in [2.75, 3.05) is 23.4 Å². The van der Waals surface area contributed by atoms with Gasteiger partial charge >= 0.3 is 0 Å². The molecule has 2 amide bonds. The third-order valence-corrected chi connectivity index (χ3v) is 6.80. The van der Waals surface area contributed by atoms with Gasteiger partial charge in [0.15, 0.2) is 6.61 Å². The van der Waals surface area contributed by atoms with Crippen LogP contribution in [0.3, 0.4) is 0 Å². The van der Waals surface area contributed by atoms with E-state index in [1.165, 1.54) is 4.90 Å². The Morgan fingerprint density at radius 1 is 1.19 bits per heavy atom. The molecule has 0 radical (unpaired) electrons. The highest BCUT2D eigenvalue weighted by Gasteiger charge is 2.26. The molecule has 0 unspecified atom stereocenters. The molecule has 0 saturated heterocycles. The molecule has 6 N–H and O–H groups in total. The maximum Gasteiger partial charge on any atom is 0.253 e. The summed E-state index contributed by atoms with van der Waals surface area (Å²) in [6.45, 7) is 1.08. The van der Waals surface area contributed by atoms with E-state index in [1.807, 2.05) is 6.07 Å². The van der Waals surface area contributed by atoms with Crippen LogP contribution in [0.2, 0.25) is 0 Å². The van der Waals surface area contributed by atoms with Crippen molar-refractivity contribution < 1.29 is 19.8 Å². The Morgan fingerprint density at radius 3 is 2.73 bits per heavy atom. The number of aliphatic hydroxyl groups is 1. The van der Waals surface area contributed by atoms with E-state index in [4.69, 9.17) is 10.8 Å². The average Bonchev–Trinajstić information content (AvgIpc) is 3.64. The van der Waals surface area contributed by atoms with Gasteiger partial charge in [-0.1, -0.05) is 6.07 Å². The Balaban J connectivity index is 1.31. The third-order valence-electron chi connectivity index (χ3n) is 6.80. The van der Waals surface area contributed by atoms with E-state index in [0.717, 1.165) is 34.9 Å². The molecule has 2 aromatic carbocycles. The van der Waals surface area contributed by atoms with Gasteiger partial charge in [0.05, 0.1) is 25.0 Å². The van der Waals surface area contributed by atoms with Crippen LogP contribution in [0.15, 0.2) is 58.3 Å². The van der Waals surface area contributed by atoms with Gasteiger partial charge in [0.1, 0.15) is 11.9 Å². The van der Waals surface area contributed by atoms with E-state index < -0.39 is 24.3 Å². The number of rotatable bonds is 9. The second kappa shape index (κ2) is 10.2. The molecule has 1 saturated carbocycles. The summed E-state index contributed by atoms with van der Waals surface area (Å²) in [5.74, 6) is -0.257. The number of anilines is 2. The number of carbonyl (C=O) groups is 2. The molecule has 3 aromatic rings. The number of benzene rings is 2. The minimum atomic E-state index is -1.58. The predicted molar refractivity (Wildman–Crippen MR) is 142 cm³/mol. The van der Waals surface area contributed by atoms with Crippen LogP contribution < -0.4 is 21.5 Å². The number of amidine groups is 1. The second-order valence-electron chi connectivity index (χ2n) is 9.55. The highest BCUT2D eigenvalue weighted by molar-refractivity contribution is 6.03. The number of fused-ring (bicyclic) bond motifs is 2. The van der Waals surface area contributed by atoms with Crippen molar-refractivity contribution in [1.82, 2.24) is 4.57 Å². The van der Waals surface area contributed by atoms with Crippen molar-refractivity contribution in [3.05, 3.63) is 70.0 Å². The summed E-state index contributed by atoms with van der Waals surface area (Å²) in [6, 6.07) is 13.8. The van der Waals surface area contributed by atoms with Crippen LogP contribution >= 0.6 is 0 Å². The van der Waals surface area contributed by atoms with Crippen LogP contribution in [0.25, 0.3) is 10.9 Å². The standard InChI is InChI=1S/C27H29N5O5/c28-26-21-7-5-19(11-18(21)14-29-26)30-27(37)23(34)13-25(36)31(9-10-33)20-6-3-17-4-8-24(35)32(22(17)12-20)15-16-1-2-16/h3-8,11-12,16,23,33-34H,1-2,9-10,13-15H2,(H2,28,29)(H,30,37)/p+1/t23-/m1/s1. The van der Waals surface area contributed by atoms with Gasteiger partial charge in [0, 0.05) is 29.5 Å². The van der Waals surface area contributed by atoms with E-state index >= 15 is 0 Å². The highest BCUT2D eigenvalue weighted by Crippen LogP contribution is 2.32. The lowest BCUT2D eigenvalue weighted by Gasteiger charge is -2.23. The van der Waals surface area contributed by atoms with E-state index in [2.05, 4.69) is 10.3 Å². The summed E-state index contributed by atoms with van der Waals surface area (Å²) < 4.78 is 1.73. The molecule has 1 atom stereocenters. The Bertz CT molecular complexity index is 1460. The van der Waals surface area contributed by atoms with Crippen LogP contribution in [0, 0.1) is 5.92 Å². The first-order chi connectivity index (χ1) is 17.8. The minimum absolute atomic E-state index is 0.0595. The lowest BCUT2D eigenvalue weighted by molar-refractivity contribution is -0.129. The van der Waals surface area contributed by atoms with Crippen molar-refractivity contribution in [3.8, 4) is 0 Å². The predicted octanol–water partition coefficient (Wildman–Crippen LogP) is 1.08. The maximum absolute atomic E-state index is 13.2. The Hall–Kier alpha value is -4.02. The number of pyridine rings is 1. The fourth-order valence-electron chi connectivity index (χ4n) is 4.60. The van der Waals surface area contributed by atoms with Gasteiger partial charge in [-0.2, -0.15) is 0 Å². The van der Waals surface area contributed by atoms with Gasteiger partial charge in [-0.05, 0) is 66.1 Å². The first kappa shape index (κ1) is 24.7. The summed E-state index contributed by atoms with van der Waals surface area (Å²) in [6.07, 6.45) is 0.163. The number of aliphatic imine (C=N–C) groups is 1. The molecule has 10 heteroatoms. The normalized spacial score (nSPS) is 15.2. The number of aliphatic hydroxyl groups excluding tert-OH is 1. The van der Waals surface area contributed by atoms with E-state index in [-0.39, 0.29) is 18.7 Å². The van der Waals surface area contributed by atoms with Crippen LogP contribution in [-0.4, -0.2) is 51.7 Å². The second-order valence-corrected chi connectivity index (χ2v) is 9.55. The highest BCUT2D eigenvalue weighted by atomic mass is 16.3. The summed E-state index contributed by atoms with van der Waals surface area (Å²) in [7, 11) is 0. The molecule has 1 aliphatic carbocycles. The summed E-state index contributed by atoms with van der Waals surface area (Å²) in [5.41, 5.74) is 9.14. The van der Waals surface area contributed by atoms with Gasteiger partial charge in [0.25, 0.3) is 11.5 Å². The molecule has 1 fully saturated rings. The van der Waals surface area contributed by atoms with Crippen molar-refractivity contribution in [1.29, 1.82) is 0 Å². The van der Waals surface area contributed by atoms with Crippen molar-refractivity contribution >= 4 is 39.9 Å². The molecular weight excluding hydrogens is 474 g/mol. The van der Waals surface area contributed by atoms with Crippen molar-refractivity contribution in [2.45, 2.75) is 38.5 Å². The van der Waals surface area contributed by atoms with Crippen LogP contribution in [0.4, 0.5) is 11.4 Å². The van der Waals surface area contributed by atoms with E-state index in [9.17, 15) is 19.5 Å². The smallest absolute Gasteiger partial charge is 0.253 e. The third kappa shape index (κ3) is 5.25. The number of amides is 2. The molecule has 1 aromatic heterocycles. The zero-order valence-electron chi connectivity index (χ0n) is 20.3. The van der Waals surface area contributed by atoms with Crippen molar-refractivity contribution in [2.24, 2.45) is 16.6 Å². The Morgan fingerprint density at radius 2 is 1.97 bits per heavy atom. The number of aromatic nitrogens is 1. The average molecular weight is 505 g/mol. The number of nitrogens with two attached hydrogens (primary N) is 1. The maximum atomic E-state index is 13.2. The van der Waals surface area contributed by atoms with E-state index in [0.29, 0.717) is 36.2 Å². The monoisotopic (exact) mass is 504 g/mol. The van der Waals surface area contributed by atoms with Gasteiger partial charge in [0.2, 0.25) is 5.91 Å². The fourth-order valence-corrected chi connectivity index (χ4v) is 4.60. The SMILES string of the molecule is NC1=NCc2cc(NC(=O)[C@H](O)CC(=O)N(CC[OH2+])c3ccc4ccc(=O)n(CC5CC5)c4c3)ccc21. The first-order valence-electron chi connectivity index (χ1n) is 12.3. The molecule has 10 nitrogen and oxygen atoms in total. The quantitative estimate of drug-likeness (QED) is 0.372. The van der Waals surface area contributed by atoms with Gasteiger partial charge in [-0.3, -0.25) is 19.4 Å². The minimum Gasteiger partial charge on any atom is -0.444 e. The largest absolute Gasteiger partial charge is 0.444 e. The molecule has 37 heavy (non-hydrogen) atoms. The molecule has 0 spiro atoms. The number of carbonyl (C=O) groups excluding carboxylic acids is 2. The first-order valence-corrected chi connectivity index (χ1v) is 12.3. The molecule has 5 rings (SSSR count). The number of nitrogens with one attached hydrogen (secondary N) is 1. The lowest BCUT2D eigenvalue weighted by atomic mass is 10.1. The molecule has 1 aliphatic heterocycles. The molecular formula is C27H30N5O5+. The van der Waals surface area contributed by atoms with Gasteiger partial charge in [-0.25, -0.2) is 0 Å². The van der Waals surface area contributed by atoms with E-state index in [1.54, 1.807) is 47.0 Å². The Kier molecular flexibility index (Phi) is 6.77. The number of nitrogens with zero attached hydrogens (tertiary/aromatic N) is 3. The topological polar surface area (TPSA) is 153 Å². The fraction of sp³-hybridized carbons (Fsp3) is 0.333. The lowest BCUT2D eigenvalue weighted by Crippen LogP contribution is -2.39. The zero-order chi connectivity index (χ0) is 26.1. The molecule has 2 aliphatic rings. The number of hydrogen-bond donors (Lipinski definition) is 3. The zero-order valence-corrected chi connectivity index (χ0v) is 20.3. The summed E-state index contributed by atoms with van der Waals surface area (Å²) in [5, 5.41) is 21.7. The molecule has 192 valence electrons. The van der Waals surface area contributed by atoms with Gasteiger partial charge in [-0.15, -0.1) is 0 Å². The summed E-state index contributed by atoms with van der Waals surface area (Å²) >= 11 is 0. The van der Waals surface area contributed by atoms with Crippen LogP contribution in [0.5, 0.6) is 0 Å². The molecule has 0 bridgehead atoms. The Labute approximate surface area is 213 Å². The van der Waals surface area contributed by atoms with Crippen LogP contribution in [-0.2, 0) is 22.7 Å². The van der Waals surface area contributed by atoms with Gasteiger partial charge < -0.3 is 30.7 Å². The summed E-state index contributed by atoms with van der Waals surface area (Å²) in [4.78, 5) is 43.9. The number of hydrogen-bond acceptors (Lipinski definition) is 6. The van der Waals surface area contributed by atoms with Crippen molar-refractivity contribution in [3.63, 3.8) is 0 Å². The van der Waals surface area contributed by atoms with Crippen LogP contribution in [0.1, 0.15) is 30.4 Å². The molecule has 2 heterocycles.